The van der Waals surface area contributed by atoms with E-state index < -0.39 is 34.7 Å². The summed E-state index contributed by atoms with van der Waals surface area (Å²) in [6.45, 7) is 17.0. The number of rotatable bonds is 13. The minimum absolute atomic E-state index is 1.46. The number of hydrogen-bond acceptors (Lipinski definition) is 7. The van der Waals surface area contributed by atoms with Gasteiger partial charge in [0.2, 0.25) is 0 Å². The fourth-order valence-electron chi connectivity index (χ4n) is 1.80. The van der Waals surface area contributed by atoms with Gasteiger partial charge in [0.15, 0.2) is 0 Å². The molecule has 0 radical (unpaired) electrons. The van der Waals surface area contributed by atoms with Gasteiger partial charge < -0.3 is 30.0 Å². The Hall–Kier alpha value is -0.192. The molecule has 0 aromatic carbocycles. The minimum Gasteiger partial charge on any atom is -0.409 e. The standard InChI is InChI=1S/C13H30O7Si4/c1-11-21(8,14-4)18-22(9,12-2)19-23(10,13-3)20-24(15-5,16-6)17-7/h11-13H,1-3H2,4-10H3. The summed E-state index contributed by atoms with van der Waals surface area (Å²) >= 11 is 0. The first-order chi connectivity index (χ1) is 11.0. The van der Waals surface area contributed by atoms with E-state index in [1.54, 1.807) is 24.2 Å². The van der Waals surface area contributed by atoms with E-state index in [2.05, 4.69) is 19.7 Å². The smallest absolute Gasteiger partial charge is 0.409 e. The zero-order chi connectivity index (χ0) is 19.1. The van der Waals surface area contributed by atoms with Crippen molar-refractivity contribution in [2.45, 2.75) is 19.6 Å². The van der Waals surface area contributed by atoms with Gasteiger partial charge in [-0.25, -0.2) is 0 Å². The molecule has 0 fully saturated rings. The molecule has 0 amide bonds. The van der Waals surface area contributed by atoms with Gasteiger partial charge in [-0.15, -0.1) is 19.7 Å². The van der Waals surface area contributed by atoms with Gasteiger partial charge in [-0.3, -0.25) is 0 Å². The molecule has 7 nitrogen and oxygen atoms in total. The molecule has 0 heterocycles. The maximum atomic E-state index is 6.28. The molecule has 0 aliphatic carbocycles. The Morgan fingerprint density at radius 2 is 0.875 bits per heavy atom. The molecule has 3 unspecified atom stereocenters. The zero-order valence-corrected chi connectivity index (χ0v) is 19.7. The first-order valence-corrected chi connectivity index (χ1v) is 16.1. The summed E-state index contributed by atoms with van der Waals surface area (Å²) in [5.41, 5.74) is 5.00. The molecular weight excluding hydrogens is 380 g/mol. The fraction of sp³-hybridized carbons (Fsp3) is 0.538. The Morgan fingerprint density at radius 1 is 0.542 bits per heavy atom. The van der Waals surface area contributed by atoms with Crippen molar-refractivity contribution in [2.75, 3.05) is 28.4 Å². The summed E-state index contributed by atoms with van der Waals surface area (Å²) in [5.74, 6) is 0. The second kappa shape index (κ2) is 9.49. The molecule has 3 atom stereocenters. The molecular formula is C13H30O7Si4. The van der Waals surface area contributed by atoms with Gasteiger partial charge in [0, 0.05) is 28.4 Å². The third kappa shape index (κ3) is 6.27. The Bertz CT molecular complexity index is 440. The maximum absolute atomic E-state index is 6.28. The molecule has 0 saturated heterocycles. The summed E-state index contributed by atoms with van der Waals surface area (Å²) in [6, 6.07) is 0. The van der Waals surface area contributed by atoms with E-state index in [1.165, 1.54) is 21.3 Å². The number of hydrogen-bond donors (Lipinski definition) is 0. The van der Waals surface area contributed by atoms with Gasteiger partial charge in [-0.1, -0.05) is 17.1 Å². The summed E-state index contributed by atoms with van der Waals surface area (Å²) in [4.78, 5) is 0. The largest absolute Gasteiger partial charge is 0.670 e. The van der Waals surface area contributed by atoms with Crippen molar-refractivity contribution < 1.29 is 30.0 Å². The van der Waals surface area contributed by atoms with E-state index in [0.29, 0.717) is 0 Å². The van der Waals surface area contributed by atoms with Crippen LogP contribution in [0.4, 0.5) is 0 Å². The van der Waals surface area contributed by atoms with Crippen LogP contribution in [0.15, 0.2) is 36.8 Å². The van der Waals surface area contributed by atoms with Crippen molar-refractivity contribution in [3.63, 3.8) is 0 Å². The monoisotopic (exact) mass is 410 g/mol. The maximum Gasteiger partial charge on any atom is 0.670 e. The quantitative estimate of drug-likeness (QED) is 0.432. The molecule has 0 saturated carbocycles. The highest BCUT2D eigenvalue weighted by molar-refractivity contribution is 6.91. The SMILES string of the molecule is C=C[Si](C)(OC)O[Si](C)(C=C)O[Si](C)(C=C)O[Si](OC)(OC)OC. The first kappa shape index (κ1) is 23.8. The zero-order valence-electron chi connectivity index (χ0n) is 15.7. The van der Waals surface area contributed by atoms with Crippen LogP contribution < -0.4 is 0 Å². The van der Waals surface area contributed by atoms with Crippen molar-refractivity contribution >= 4 is 34.7 Å². The van der Waals surface area contributed by atoms with E-state index in [4.69, 9.17) is 30.0 Å². The van der Waals surface area contributed by atoms with Crippen LogP contribution >= 0.6 is 0 Å². The Kier molecular flexibility index (Phi) is 9.41. The van der Waals surface area contributed by atoms with Gasteiger partial charge in [-0.05, 0) is 19.6 Å². The summed E-state index contributed by atoms with van der Waals surface area (Å²) < 4.78 is 39.9. The molecule has 0 aliphatic rings. The van der Waals surface area contributed by atoms with E-state index in [1.807, 2.05) is 19.6 Å². The topological polar surface area (TPSA) is 64.6 Å². The normalized spacial score (nSPS) is 19.6. The molecule has 0 aromatic rings. The molecule has 0 bridgehead atoms. The Morgan fingerprint density at radius 3 is 1.17 bits per heavy atom. The van der Waals surface area contributed by atoms with Gasteiger partial charge >= 0.3 is 34.7 Å². The van der Waals surface area contributed by atoms with Crippen molar-refractivity contribution in [1.82, 2.24) is 0 Å². The summed E-state index contributed by atoms with van der Waals surface area (Å²) in [7, 11) is -5.70. The lowest BCUT2D eigenvalue weighted by molar-refractivity contribution is 0.0413. The Balaban J connectivity index is 5.53. The second-order valence-electron chi connectivity index (χ2n) is 5.28. The van der Waals surface area contributed by atoms with E-state index in [9.17, 15) is 0 Å². The average molecular weight is 411 g/mol. The van der Waals surface area contributed by atoms with Crippen LogP contribution in [0.2, 0.25) is 19.6 Å². The average Bonchev–Trinajstić information content (AvgIpc) is 2.59. The van der Waals surface area contributed by atoms with Crippen LogP contribution in [0, 0.1) is 0 Å². The van der Waals surface area contributed by atoms with Crippen LogP contribution in [0.1, 0.15) is 0 Å². The highest BCUT2D eigenvalue weighted by Crippen LogP contribution is 2.26. The van der Waals surface area contributed by atoms with E-state index in [-0.39, 0.29) is 0 Å². The molecule has 0 rings (SSSR count). The molecule has 11 heteroatoms. The van der Waals surface area contributed by atoms with Crippen LogP contribution in [0.25, 0.3) is 0 Å². The highest BCUT2D eigenvalue weighted by Gasteiger charge is 2.53. The first-order valence-electron chi connectivity index (χ1n) is 7.27. The van der Waals surface area contributed by atoms with E-state index in [0.717, 1.165) is 0 Å². The van der Waals surface area contributed by atoms with Crippen molar-refractivity contribution in [3.05, 3.63) is 36.8 Å². The molecule has 0 spiro atoms. The molecule has 24 heavy (non-hydrogen) atoms. The predicted molar refractivity (Wildman–Crippen MR) is 102 cm³/mol. The lowest BCUT2D eigenvalue weighted by atomic mass is 11.3. The van der Waals surface area contributed by atoms with E-state index >= 15 is 0 Å². The lowest BCUT2D eigenvalue weighted by Crippen LogP contribution is -2.61. The van der Waals surface area contributed by atoms with Crippen molar-refractivity contribution in [2.24, 2.45) is 0 Å². The molecule has 140 valence electrons. The van der Waals surface area contributed by atoms with Crippen LogP contribution in [0.3, 0.4) is 0 Å². The lowest BCUT2D eigenvalue weighted by Gasteiger charge is -2.39. The van der Waals surface area contributed by atoms with Gasteiger partial charge in [-0.2, -0.15) is 0 Å². The molecule has 0 aliphatic heterocycles. The summed E-state index contributed by atoms with van der Waals surface area (Å²) in [5, 5.41) is 0. The fourth-order valence-corrected chi connectivity index (χ4v) is 15.0. The third-order valence-corrected chi connectivity index (χ3v) is 17.0. The minimum atomic E-state index is -3.30. The predicted octanol–water partition coefficient (Wildman–Crippen LogP) is 2.45. The third-order valence-electron chi connectivity index (χ3n) is 3.41. The highest BCUT2D eigenvalue weighted by atomic mass is 28.5. The van der Waals surface area contributed by atoms with Crippen LogP contribution in [0.5, 0.6) is 0 Å². The van der Waals surface area contributed by atoms with Gasteiger partial charge in [0.25, 0.3) is 0 Å². The van der Waals surface area contributed by atoms with Crippen LogP contribution in [-0.2, 0) is 30.0 Å². The van der Waals surface area contributed by atoms with Gasteiger partial charge in [0.1, 0.15) is 0 Å². The van der Waals surface area contributed by atoms with Crippen molar-refractivity contribution in [3.8, 4) is 0 Å². The molecule has 0 aromatic heterocycles. The second-order valence-corrected chi connectivity index (χ2v) is 17.7. The van der Waals surface area contributed by atoms with Gasteiger partial charge in [0.05, 0.1) is 0 Å². The summed E-state index contributed by atoms with van der Waals surface area (Å²) in [6.07, 6.45) is 0. The molecule has 0 N–H and O–H groups in total. The Labute approximate surface area is 150 Å². The van der Waals surface area contributed by atoms with Crippen molar-refractivity contribution in [1.29, 1.82) is 0 Å². The van der Waals surface area contributed by atoms with Crippen LogP contribution in [-0.4, -0.2) is 63.2 Å².